The fraction of sp³-hybridized carbons (Fsp3) is 0.709. The number of carbonyl (C=O) groups is 6. The molecule has 1 unspecified atom stereocenters. The van der Waals surface area contributed by atoms with Crippen LogP contribution in [0.4, 0.5) is 4.79 Å². The highest BCUT2D eigenvalue weighted by Crippen LogP contribution is 2.38. The van der Waals surface area contributed by atoms with Gasteiger partial charge in [-0.05, 0) is 107 Å². The molecule has 2 bridgehead atoms. The van der Waals surface area contributed by atoms with Gasteiger partial charge in [-0.3, -0.25) is 19.2 Å². The Morgan fingerprint density at radius 1 is 0.915 bits per heavy atom. The van der Waals surface area contributed by atoms with Gasteiger partial charge in [0, 0.05) is 58.5 Å². The number of hydrogen-bond acceptors (Lipinski definition) is 15. The summed E-state index contributed by atoms with van der Waals surface area (Å²) in [5, 5.41) is 23.5. The minimum atomic E-state index is -2.45. The highest BCUT2D eigenvalue weighted by Gasteiger charge is 2.53. The van der Waals surface area contributed by atoms with Crippen LogP contribution in [0.1, 0.15) is 126 Å². The first-order valence-electron chi connectivity index (χ1n) is 25.6. The minimum absolute atomic E-state index is 0.00579. The molecule has 1 aliphatic carbocycles. The molecule has 16 nitrogen and oxygen atoms in total. The van der Waals surface area contributed by atoms with Crippen molar-refractivity contribution in [1.82, 2.24) is 4.90 Å². The number of nitrogens with zero attached hydrogens (tertiary/aromatic N) is 1. The smallest absolute Gasteiger partial charge is 0.460 e. The van der Waals surface area contributed by atoms with Crippen molar-refractivity contribution < 1.29 is 72.1 Å². The zero-order valence-electron chi connectivity index (χ0n) is 43.9. The Balaban J connectivity index is 1.69. The summed E-state index contributed by atoms with van der Waals surface area (Å²) in [7, 11) is 4.48. The van der Waals surface area contributed by atoms with Crippen LogP contribution in [-0.2, 0) is 57.1 Å². The standard InChI is InChI=1S/C55H83NO15/c1-12-26-68-54(63)70-44-24-22-40(30-47(44)66-10)29-36(5)46-32-43(57)35(4)28-38(7)49(59)50(67-11)48(58)37(6)27-33(2)18-14-13-15-19-34(3)45(65-9)31-41-23-21-39(8)55(64,71-41)51(60)52(61)56-25-17-16-20-42(56)53(62)69-46/h12-15,18-19,28,33,36-42,44-47,49-50,59,64H,1,16-17,20-27,29-32H2,2-11H3/t33-,36-,37-,38?,39-,40+,41+,42+,44-,45+,46+,47-,49-,50+,55-/m1/s1. The van der Waals surface area contributed by atoms with Gasteiger partial charge in [0.15, 0.2) is 11.6 Å². The predicted octanol–water partition coefficient (Wildman–Crippen LogP) is 7.53. The molecule has 4 rings (SSSR count). The molecule has 2 N–H and O–H groups in total. The van der Waals surface area contributed by atoms with Crippen molar-refractivity contribution in [1.29, 1.82) is 0 Å². The maximum absolute atomic E-state index is 14.5. The number of methoxy groups -OCH3 is 3. The van der Waals surface area contributed by atoms with Crippen molar-refractivity contribution in [2.45, 2.75) is 180 Å². The second-order valence-corrected chi connectivity index (χ2v) is 20.5. The summed E-state index contributed by atoms with van der Waals surface area (Å²) in [6, 6.07) is -1.18. The molecule has 0 aromatic rings. The number of rotatable bonds is 9. The van der Waals surface area contributed by atoms with Crippen LogP contribution in [-0.4, -0.2) is 140 Å². The van der Waals surface area contributed by atoms with Gasteiger partial charge < -0.3 is 48.3 Å². The van der Waals surface area contributed by atoms with Crippen molar-refractivity contribution in [3.63, 3.8) is 0 Å². The number of carbonyl (C=O) groups excluding carboxylic acids is 6. The normalized spacial score (nSPS) is 35.4. The summed E-state index contributed by atoms with van der Waals surface area (Å²) in [6.07, 6.45) is 11.1. The molecule has 2 saturated heterocycles. The summed E-state index contributed by atoms with van der Waals surface area (Å²) < 4.78 is 40.2. The van der Waals surface area contributed by atoms with E-state index in [1.807, 2.05) is 58.1 Å². The van der Waals surface area contributed by atoms with E-state index >= 15 is 0 Å². The summed E-state index contributed by atoms with van der Waals surface area (Å²) >= 11 is 0. The number of allylic oxidation sites excluding steroid dienone is 6. The first-order valence-corrected chi connectivity index (χ1v) is 25.6. The second-order valence-electron chi connectivity index (χ2n) is 20.5. The number of aliphatic hydroxyl groups excluding tert-OH is 1. The van der Waals surface area contributed by atoms with Gasteiger partial charge in [-0.15, -0.1) is 0 Å². The molecule has 3 aliphatic heterocycles. The molecular formula is C55H83NO15. The number of aliphatic hydroxyl groups is 2. The Morgan fingerprint density at radius 3 is 2.32 bits per heavy atom. The van der Waals surface area contributed by atoms with E-state index in [9.17, 15) is 39.0 Å². The van der Waals surface area contributed by atoms with Gasteiger partial charge in [0.1, 0.15) is 31.0 Å². The van der Waals surface area contributed by atoms with Gasteiger partial charge in [0.25, 0.3) is 11.7 Å². The first kappa shape index (κ1) is 59.2. The predicted molar refractivity (Wildman–Crippen MR) is 266 cm³/mol. The molecule has 1 amide bonds. The molecule has 15 atom stereocenters. The Hall–Kier alpha value is -4.32. The van der Waals surface area contributed by atoms with Crippen molar-refractivity contribution >= 4 is 35.4 Å². The number of piperidine rings is 1. The molecule has 398 valence electrons. The van der Waals surface area contributed by atoms with Crippen LogP contribution in [0.5, 0.6) is 0 Å². The van der Waals surface area contributed by atoms with Gasteiger partial charge in [0.2, 0.25) is 5.79 Å². The maximum atomic E-state index is 14.5. The molecule has 0 spiro atoms. The van der Waals surface area contributed by atoms with E-state index in [0.29, 0.717) is 64.2 Å². The molecule has 0 radical (unpaired) electrons. The first-order chi connectivity index (χ1) is 33.7. The van der Waals surface area contributed by atoms with Crippen LogP contribution < -0.4 is 0 Å². The van der Waals surface area contributed by atoms with Gasteiger partial charge in [-0.25, -0.2) is 9.59 Å². The van der Waals surface area contributed by atoms with E-state index in [0.717, 1.165) is 5.57 Å². The second kappa shape index (κ2) is 28.2. The van der Waals surface area contributed by atoms with E-state index < -0.39 is 102 Å². The van der Waals surface area contributed by atoms with Crippen LogP contribution in [0.3, 0.4) is 0 Å². The van der Waals surface area contributed by atoms with Crippen LogP contribution in [0.25, 0.3) is 0 Å². The average molecular weight is 998 g/mol. The number of amides is 1. The van der Waals surface area contributed by atoms with Crippen molar-refractivity contribution in [3.8, 4) is 0 Å². The number of ketones is 3. The highest BCUT2D eigenvalue weighted by atomic mass is 16.7. The van der Waals surface area contributed by atoms with Crippen molar-refractivity contribution in [3.05, 3.63) is 60.3 Å². The summed E-state index contributed by atoms with van der Waals surface area (Å²) in [6.45, 7) is 16.2. The van der Waals surface area contributed by atoms with Crippen LogP contribution >= 0.6 is 0 Å². The average Bonchev–Trinajstić information content (AvgIpc) is 3.35. The molecule has 0 aromatic carbocycles. The highest BCUT2D eigenvalue weighted by molar-refractivity contribution is 6.39. The Labute approximate surface area is 421 Å². The molecule has 3 heterocycles. The van der Waals surface area contributed by atoms with E-state index in [2.05, 4.69) is 6.58 Å². The topological polar surface area (TPSA) is 211 Å². The number of Topliss-reactive ketones (excluding diaryl/α,β-unsaturated/α-hetero) is 3. The van der Waals surface area contributed by atoms with E-state index in [-0.39, 0.29) is 55.0 Å². The quantitative estimate of drug-likeness (QED) is 0.130. The SMILES string of the molecule is C=CCOC(=O)O[C@@H]1CC[C@@H](C[C@@H](C)[C@@H]2CC(=O)C(C)=CC(C)[C@@H](O)[C@@H](OC)C(=O)[C@H](C)C[C@H](C)C=CC=CC=C(C)[C@@H](OC)C[C@@H]3CC[C@@H](C)[C@@](O)(O3)C(=O)C(=O)N3CCCC[C@H]3C(=O)O2)C[C@H]1OC. The monoisotopic (exact) mass is 998 g/mol. The number of ether oxygens (including phenoxy) is 7. The minimum Gasteiger partial charge on any atom is -0.460 e. The number of fused-ring (bicyclic) bond motifs is 3. The summed E-state index contributed by atoms with van der Waals surface area (Å²) in [5.41, 5.74) is 1.15. The molecule has 4 aliphatic rings. The molecule has 1 saturated carbocycles. The van der Waals surface area contributed by atoms with Crippen molar-refractivity contribution in [2.75, 3.05) is 34.5 Å². The fourth-order valence-electron chi connectivity index (χ4n) is 10.5. The van der Waals surface area contributed by atoms with Gasteiger partial charge in [-0.1, -0.05) is 83.7 Å². The Bertz CT molecular complexity index is 1960. The van der Waals surface area contributed by atoms with Gasteiger partial charge in [-0.2, -0.15) is 0 Å². The molecule has 71 heavy (non-hydrogen) atoms. The van der Waals surface area contributed by atoms with Crippen molar-refractivity contribution in [2.24, 2.45) is 35.5 Å². The lowest BCUT2D eigenvalue weighted by Gasteiger charge is -2.42. The van der Waals surface area contributed by atoms with Gasteiger partial charge >= 0.3 is 12.1 Å². The zero-order valence-corrected chi connectivity index (χ0v) is 43.9. The third-order valence-corrected chi connectivity index (χ3v) is 15.0. The van der Waals surface area contributed by atoms with Crippen LogP contribution in [0, 0.1) is 35.5 Å². The Kier molecular flexibility index (Phi) is 23.5. The molecule has 16 heteroatoms. The van der Waals surface area contributed by atoms with E-state index in [4.69, 9.17) is 33.2 Å². The fourth-order valence-corrected chi connectivity index (χ4v) is 10.5. The molecular weight excluding hydrogens is 915 g/mol. The van der Waals surface area contributed by atoms with E-state index in [1.54, 1.807) is 34.0 Å². The summed E-state index contributed by atoms with van der Waals surface area (Å²) in [4.78, 5) is 84.6. The third-order valence-electron chi connectivity index (χ3n) is 15.0. The largest absolute Gasteiger partial charge is 0.508 e. The van der Waals surface area contributed by atoms with E-state index in [1.165, 1.54) is 25.2 Å². The number of cyclic esters (lactones) is 1. The lowest BCUT2D eigenvalue weighted by atomic mass is 9.78. The number of esters is 1. The maximum Gasteiger partial charge on any atom is 0.508 e. The molecule has 3 fully saturated rings. The summed E-state index contributed by atoms with van der Waals surface area (Å²) in [5.74, 6) is -8.33. The lowest BCUT2D eigenvalue weighted by Crippen LogP contribution is -2.61. The third kappa shape index (κ3) is 16.3. The molecule has 0 aromatic heterocycles. The zero-order chi connectivity index (χ0) is 52.6. The lowest BCUT2D eigenvalue weighted by molar-refractivity contribution is -0.265. The van der Waals surface area contributed by atoms with Crippen LogP contribution in [0.15, 0.2) is 60.3 Å². The van der Waals surface area contributed by atoms with Gasteiger partial charge in [0.05, 0.1) is 24.4 Å². The van der Waals surface area contributed by atoms with Crippen LogP contribution in [0.2, 0.25) is 0 Å². The number of hydrogen-bond donors (Lipinski definition) is 2. The Morgan fingerprint density at radius 2 is 1.65 bits per heavy atom.